The number of ether oxygens (including phenoxy) is 1. The lowest BCUT2D eigenvalue weighted by atomic mass is 10.0. The summed E-state index contributed by atoms with van der Waals surface area (Å²) in [6.07, 6.45) is 2.18. The zero-order valence-electron chi connectivity index (χ0n) is 11.4. The van der Waals surface area contributed by atoms with Crippen LogP contribution in [0.3, 0.4) is 0 Å². The van der Waals surface area contributed by atoms with Gasteiger partial charge in [0.2, 0.25) is 0 Å². The van der Waals surface area contributed by atoms with E-state index in [1.54, 1.807) is 0 Å². The van der Waals surface area contributed by atoms with Gasteiger partial charge in [-0.3, -0.25) is 0 Å². The highest BCUT2D eigenvalue weighted by Gasteiger charge is 2.36. The monoisotopic (exact) mass is 296 g/mol. The second-order valence-electron chi connectivity index (χ2n) is 5.36. The summed E-state index contributed by atoms with van der Waals surface area (Å²) in [5.74, 6) is 0.424. The van der Waals surface area contributed by atoms with Crippen LogP contribution in [0.4, 0.5) is 0 Å². The fraction of sp³-hybridized carbons (Fsp3) is 0.571. The molecule has 2 fully saturated rings. The van der Waals surface area contributed by atoms with E-state index in [-0.39, 0.29) is 6.04 Å². The molecule has 5 nitrogen and oxygen atoms in total. The molecule has 0 spiro atoms. The Morgan fingerprint density at radius 2 is 1.80 bits per heavy atom. The molecule has 1 saturated carbocycles. The van der Waals surface area contributed by atoms with Crippen LogP contribution in [0.25, 0.3) is 0 Å². The normalized spacial score (nSPS) is 22.6. The second-order valence-corrected chi connectivity index (χ2v) is 7.06. The van der Waals surface area contributed by atoms with Crippen molar-refractivity contribution in [3.8, 4) is 0 Å². The van der Waals surface area contributed by atoms with E-state index in [9.17, 15) is 8.42 Å². The summed E-state index contributed by atoms with van der Waals surface area (Å²) in [5.41, 5.74) is 1.05. The van der Waals surface area contributed by atoms with Gasteiger partial charge in [0.05, 0.1) is 19.3 Å². The predicted molar refractivity (Wildman–Crippen MR) is 76.4 cm³/mol. The number of morpholine rings is 1. The molecule has 1 aliphatic heterocycles. The van der Waals surface area contributed by atoms with Crippen LogP contribution in [0.5, 0.6) is 0 Å². The van der Waals surface area contributed by atoms with E-state index in [4.69, 9.17) is 4.74 Å². The Balaban J connectivity index is 1.76. The molecule has 20 heavy (non-hydrogen) atoms. The standard InChI is InChI=1S/C14H20N2O3S/c17-20(18,16-8-10-19-11-9-16)15-14(13-6-7-13)12-4-2-1-3-5-12/h1-5,13-15H,6-11H2/t14-/m1/s1. The second kappa shape index (κ2) is 5.81. The molecule has 0 aromatic heterocycles. The molecule has 0 unspecified atom stereocenters. The number of hydrogen-bond donors (Lipinski definition) is 1. The van der Waals surface area contributed by atoms with E-state index in [0.717, 1.165) is 18.4 Å². The van der Waals surface area contributed by atoms with Crippen LogP contribution in [-0.2, 0) is 14.9 Å². The SMILES string of the molecule is O=S(=O)(N[C@H](c1ccccc1)C1CC1)N1CCOCC1. The van der Waals surface area contributed by atoms with Crippen molar-refractivity contribution >= 4 is 10.2 Å². The van der Waals surface area contributed by atoms with Crippen LogP contribution in [0.2, 0.25) is 0 Å². The fourth-order valence-electron chi connectivity index (χ4n) is 2.55. The van der Waals surface area contributed by atoms with Gasteiger partial charge in [0.1, 0.15) is 0 Å². The highest BCUT2D eigenvalue weighted by molar-refractivity contribution is 7.87. The lowest BCUT2D eigenvalue weighted by molar-refractivity contribution is 0.0722. The van der Waals surface area contributed by atoms with Crippen molar-refractivity contribution in [2.75, 3.05) is 26.3 Å². The Kier molecular flexibility index (Phi) is 4.07. The number of nitrogens with one attached hydrogen (secondary N) is 1. The average Bonchev–Trinajstić information content (AvgIpc) is 3.31. The first-order chi connectivity index (χ1) is 9.67. The van der Waals surface area contributed by atoms with Crippen LogP contribution in [0.15, 0.2) is 30.3 Å². The minimum atomic E-state index is -3.43. The topological polar surface area (TPSA) is 58.6 Å². The quantitative estimate of drug-likeness (QED) is 0.891. The van der Waals surface area contributed by atoms with Gasteiger partial charge < -0.3 is 4.74 Å². The van der Waals surface area contributed by atoms with E-state index >= 15 is 0 Å². The Morgan fingerprint density at radius 1 is 1.15 bits per heavy atom. The molecule has 3 rings (SSSR count). The maximum absolute atomic E-state index is 12.5. The van der Waals surface area contributed by atoms with Gasteiger partial charge in [0, 0.05) is 13.1 Å². The Labute approximate surface area is 120 Å². The van der Waals surface area contributed by atoms with Crippen molar-refractivity contribution in [2.24, 2.45) is 5.92 Å². The molecule has 1 heterocycles. The van der Waals surface area contributed by atoms with Gasteiger partial charge >= 0.3 is 0 Å². The molecule has 0 amide bonds. The molecule has 110 valence electrons. The summed E-state index contributed by atoms with van der Waals surface area (Å²) in [4.78, 5) is 0. The van der Waals surface area contributed by atoms with Crippen molar-refractivity contribution in [3.05, 3.63) is 35.9 Å². The molecule has 1 aromatic rings. The van der Waals surface area contributed by atoms with Crippen molar-refractivity contribution in [3.63, 3.8) is 0 Å². The van der Waals surface area contributed by atoms with Crippen molar-refractivity contribution in [1.29, 1.82) is 0 Å². The highest BCUT2D eigenvalue weighted by Crippen LogP contribution is 2.41. The highest BCUT2D eigenvalue weighted by atomic mass is 32.2. The van der Waals surface area contributed by atoms with Crippen molar-refractivity contribution in [2.45, 2.75) is 18.9 Å². The van der Waals surface area contributed by atoms with Crippen LogP contribution >= 0.6 is 0 Å². The Bertz CT molecular complexity index is 537. The molecule has 0 bridgehead atoms. The number of nitrogens with zero attached hydrogens (tertiary/aromatic N) is 1. The first-order valence-corrected chi connectivity index (χ1v) is 8.51. The summed E-state index contributed by atoms with van der Waals surface area (Å²) in [5, 5.41) is 0. The summed E-state index contributed by atoms with van der Waals surface area (Å²) in [6, 6.07) is 9.73. The van der Waals surface area contributed by atoms with E-state index in [1.807, 2.05) is 30.3 Å². The Morgan fingerprint density at radius 3 is 2.40 bits per heavy atom. The molecule has 1 atom stereocenters. The molecule has 1 saturated heterocycles. The molecule has 1 N–H and O–H groups in total. The van der Waals surface area contributed by atoms with Gasteiger partial charge in [0.25, 0.3) is 10.2 Å². The summed E-state index contributed by atoms with van der Waals surface area (Å²) >= 11 is 0. The zero-order valence-corrected chi connectivity index (χ0v) is 12.2. The molecule has 1 aliphatic carbocycles. The number of benzene rings is 1. The molecular formula is C14H20N2O3S. The van der Waals surface area contributed by atoms with E-state index in [0.29, 0.717) is 32.2 Å². The third-order valence-corrected chi connectivity index (χ3v) is 5.43. The molecule has 1 aromatic carbocycles. The van der Waals surface area contributed by atoms with Crippen LogP contribution < -0.4 is 4.72 Å². The van der Waals surface area contributed by atoms with Gasteiger partial charge in [-0.1, -0.05) is 30.3 Å². The van der Waals surface area contributed by atoms with Gasteiger partial charge in [-0.2, -0.15) is 17.4 Å². The first kappa shape index (κ1) is 14.0. The maximum atomic E-state index is 12.5. The van der Waals surface area contributed by atoms with Crippen LogP contribution in [0.1, 0.15) is 24.4 Å². The molecule has 0 radical (unpaired) electrons. The average molecular weight is 296 g/mol. The van der Waals surface area contributed by atoms with Crippen molar-refractivity contribution < 1.29 is 13.2 Å². The summed E-state index contributed by atoms with van der Waals surface area (Å²) in [7, 11) is -3.43. The smallest absolute Gasteiger partial charge is 0.280 e. The largest absolute Gasteiger partial charge is 0.379 e. The van der Waals surface area contributed by atoms with Gasteiger partial charge in [0.15, 0.2) is 0 Å². The third kappa shape index (κ3) is 3.20. The minimum Gasteiger partial charge on any atom is -0.379 e. The first-order valence-electron chi connectivity index (χ1n) is 7.07. The summed E-state index contributed by atoms with van der Waals surface area (Å²) in [6.45, 7) is 1.81. The fourth-order valence-corrected chi connectivity index (χ4v) is 3.98. The van der Waals surface area contributed by atoms with E-state index < -0.39 is 10.2 Å². The maximum Gasteiger partial charge on any atom is 0.280 e. The van der Waals surface area contributed by atoms with Crippen LogP contribution in [-0.4, -0.2) is 39.0 Å². The third-order valence-electron chi connectivity index (χ3n) is 3.84. The number of rotatable bonds is 5. The van der Waals surface area contributed by atoms with Crippen molar-refractivity contribution in [1.82, 2.24) is 9.03 Å². The Hall–Kier alpha value is -0.950. The van der Waals surface area contributed by atoms with Gasteiger partial charge in [-0.25, -0.2) is 0 Å². The van der Waals surface area contributed by atoms with Gasteiger partial charge in [-0.15, -0.1) is 0 Å². The van der Waals surface area contributed by atoms with Crippen LogP contribution in [0, 0.1) is 5.92 Å². The summed E-state index contributed by atoms with van der Waals surface area (Å²) < 4.78 is 34.5. The van der Waals surface area contributed by atoms with E-state index in [2.05, 4.69) is 4.72 Å². The molecule has 2 aliphatic rings. The number of hydrogen-bond acceptors (Lipinski definition) is 3. The lowest BCUT2D eigenvalue weighted by Gasteiger charge is -2.29. The minimum absolute atomic E-state index is 0.107. The van der Waals surface area contributed by atoms with E-state index in [1.165, 1.54) is 4.31 Å². The lowest BCUT2D eigenvalue weighted by Crippen LogP contribution is -2.47. The zero-order chi connectivity index (χ0) is 14.0. The molecule has 6 heteroatoms. The van der Waals surface area contributed by atoms with Gasteiger partial charge in [-0.05, 0) is 24.3 Å². The molecular weight excluding hydrogens is 276 g/mol. The predicted octanol–water partition coefficient (Wildman–Crippen LogP) is 1.30.